The highest BCUT2D eigenvalue weighted by Gasteiger charge is 2.25. The molecule has 1 saturated carbocycles. The Kier molecular flexibility index (Phi) is 2.26. The number of aryl methyl sites for hydroxylation is 1. The van der Waals surface area contributed by atoms with Crippen molar-refractivity contribution in [2.45, 2.75) is 31.7 Å². The third kappa shape index (κ3) is 1.85. The quantitative estimate of drug-likeness (QED) is 0.705. The molecular formula is C8H15N5. The molecule has 72 valence electrons. The van der Waals surface area contributed by atoms with Crippen molar-refractivity contribution < 1.29 is 0 Å². The Morgan fingerprint density at radius 3 is 2.85 bits per heavy atom. The maximum atomic E-state index is 6.00. The maximum absolute atomic E-state index is 6.00. The van der Waals surface area contributed by atoms with E-state index in [0.29, 0.717) is 5.92 Å². The summed E-state index contributed by atoms with van der Waals surface area (Å²) in [6.07, 6.45) is 4.62. The van der Waals surface area contributed by atoms with Crippen LogP contribution in [0, 0.1) is 5.92 Å². The van der Waals surface area contributed by atoms with E-state index in [2.05, 4.69) is 15.4 Å². The summed E-state index contributed by atoms with van der Waals surface area (Å²) in [5, 5.41) is 11.8. The highest BCUT2D eigenvalue weighted by atomic mass is 15.6. The predicted molar refractivity (Wildman–Crippen MR) is 47.8 cm³/mol. The summed E-state index contributed by atoms with van der Waals surface area (Å²) < 4.78 is 0. The number of aromatic nitrogens is 4. The molecule has 2 rings (SSSR count). The summed E-state index contributed by atoms with van der Waals surface area (Å²) in [5.41, 5.74) is 6.00. The molecule has 1 unspecified atom stereocenters. The van der Waals surface area contributed by atoms with Gasteiger partial charge in [-0.3, -0.25) is 0 Å². The van der Waals surface area contributed by atoms with Crippen LogP contribution in [0.4, 0.5) is 0 Å². The van der Waals surface area contributed by atoms with Gasteiger partial charge in [0.2, 0.25) is 0 Å². The van der Waals surface area contributed by atoms with Crippen LogP contribution < -0.4 is 5.73 Å². The summed E-state index contributed by atoms with van der Waals surface area (Å²) in [6, 6.07) is 0.220. The first kappa shape index (κ1) is 8.62. The van der Waals surface area contributed by atoms with Gasteiger partial charge in [-0.15, -0.1) is 10.2 Å². The van der Waals surface area contributed by atoms with Crippen molar-refractivity contribution in [2.24, 2.45) is 18.7 Å². The molecule has 5 nitrogen and oxygen atoms in total. The highest BCUT2D eigenvalue weighted by Crippen LogP contribution is 2.29. The fraction of sp³-hybridized carbons (Fsp3) is 0.875. The lowest BCUT2D eigenvalue weighted by Crippen LogP contribution is -2.36. The summed E-state index contributed by atoms with van der Waals surface area (Å²) in [6.45, 7) is 0. The zero-order valence-corrected chi connectivity index (χ0v) is 7.85. The second kappa shape index (κ2) is 3.41. The number of nitrogens with two attached hydrogens (primary N) is 1. The van der Waals surface area contributed by atoms with Crippen LogP contribution in [-0.4, -0.2) is 26.2 Å². The van der Waals surface area contributed by atoms with Crippen molar-refractivity contribution in [3.8, 4) is 0 Å². The molecule has 0 bridgehead atoms. The van der Waals surface area contributed by atoms with Crippen LogP contribution in [-0.2, 0) is 13.5 Å². The molecule has 2 N–H and O–H groups in total. The number of tetrazole rings is 1. The molecule has 0 aromatic carbocycles. The Hall–Kier alpha value is -0.970. The smallest absolute Gasteiger partial charge is 0.176 e. The molecular weight excluding hydrogens is 166 g/mol. The Morgan fingerprint density at radius 1 is 1.62 bits per heavy atom. The van der Waals surface area contributed by atoms with Gasteiger partial charge in [0.1, 0.15) is 0 Å². The molecule has 1 heterocycles. The average Bonchev–Trinajstić information content (AvgIpc) is 2.31. The zero-order chi connectivity index (χ0) is 9.26. The standard InChI is InChI=1S/C8H15N5/c1-13-11-8(10-12-13)5-7(9)6-3-2-4-6/h6-7H,2-5,9H2,1H3. The van der Waals surface area contributed by atoms with Crippen LogP contribution in [0.25, 0.3) is 0 Å². The predicted octanol–water partition coefficient (Wildman–Crippen LogP) is -0.120. The summed E-state index contributed by atoms with van der Waals surface area (Å²) >= 11 is 0. The number of rotatable bonds is 3. The van der Waals surface area contributed by atoms with E-state index in [9.17, 15) is 0 Å². The van der Waals surface area contributed by atoms with E-state index >= 15 is 0 Å². The molecule has 1 aromatic rings. The van der Waals surface area contributed by atoms with Gasteiger partial charge in [-0.2, -0.15) is 4.80 Å². The molecule has 0 amide bonds. The molecule has 1 fully saturated rings. The molecule has 0 radical (unpaired) electrons. The fourth-order valence-electron chi connectivity index (χ4n) is 1.65. The lowest BCUT2D eigenvalue weighted by Gasteiger charge is -2.30. The lowest BCUT2D eigenvalue weighted by molar-refractivity contribution is 0.258. The van der Waals surface area contributed by atoms with Crippen LogP contribution >= 0.6 is 0 Å². The third-order valence-electron chi connectivity index (χ3n) is 2.72. The molecule has 0 spiro atoms. The average molecular weight is 181 g/mol. The van der Waals surface area contributed by atoms with Gasteiger partial charge in [-0.25, -0.2) is 0 Å². The molecule has 0 saturated heterocycles. The third-order valence-corrected chi connectivity index (χ3v) is 2.72. The normalized spacial score (nSPS) is 19.8. The van der Waals surface area contributed by atoms with Gasteiger partial charge in [0.25, 0.3) is 0 Å². The Labute approximate surface area is 77.3 Å². The van der Waals surface area contributed by atoms with Crippen LogP contribution in [0.5, 0.6) is 0 Å². The highest BCUT2D eigenvalue weighted by molar-refractivity contribution is 4.89. The molecule has 1 aliphatic carbocycles. The summed E-state index contributed by atoms with van der Waals surface area (Å²) in [5.74, 6) is 1.45. The molecule has 1 aliphatic rings. The minimum atomic E-state index is 0.220. The zero-order valence-electron chi connectivity index (χ0n) is 7.85. The molecule has 5 heteroatoms. The van der Waals surface area contributed by atoms with E-state index < -0.39 is 0 Å². The van der Waals surface area contributed by atoms with Crippen molar-refractivity contribution in [1.82, 2.24) is 20.2 Å². The second-order valence-corrected chi connectivity index (χ2v) is 3.75. The molecule has 0 aliphatic heterocycles. The Morgan fingerprint density at radius 2 is 2.38 bits per heavy atom. The van der Waals surface area contributed by atoms with Crippen LogP contribution in [0.15, 0.2) is 0 Å². The summed E-state index contributed by atoms with van der Waals surface area (Å²) in [7, 11) is 1.77. The first-order chi connectivity index (χ1) is 6.25. The van der Waals surface area contributed by atoms with Crippen LogP contribution in [0.3, 0.4) is 0 Å². The molecule has 1 atom stereocenters. The largest absolute Gasteiger partial charge is 0.327 e. The Bertz CT molecular complexity index is 278. The van der Waals surface area contributed by atoms with E-state index in [1.807, 2.05) is 0 Å². The van der Waals surface area contributed by atoms with Crippen molar-refractivity contribution in [3.05, 3.63) is 5.82 Å². The van der Waals surface area contributed by atoms with E-state index in [1.165, 1.54) is 24.1 Å². The number of hydrogen-bond acceptors (Lipinski definition) is 4. The minimum Gasteiger partial charge on any atom is -0.327 e. The van der Waals surface area contributed by atoms with Gasteiger partial charge in [0, 0.05) is 12.5 Å². The van der Waals surface area contributed by atoms with Crippen molar-refractivity contribution in [1.29, 1.82) is 0 Å². The first-order valence-electron chi connectivity index (χ1n) is 4.74. The number of nitrogens with zero attached hydrogens (tertiary/aromatic N) is 4. The van der Waals surface area contributed by atoms with Crippen molar-refractivity contribution in [2.75, 3.05) is 0 Å². The van der Waals surface area contributed by atoms with Gasteiger partial charge in [0.15, 0.2) is 5.82 Å². The summed E-state index contributed by atoms with van der Waals surface area (Å²) in [4.78, 5) is 1.48. The Balaban J connectivity index is 1.89. The monoisotopic (exact) mass is 181 g/mol. The maximum Gasteiger partial charge on any atom is 0.176 e. The SMILES string of the molecule is Cn1nnc(CC(N)C2CCC2)n1. The molecule has 13 heavy (non-hydrogen) atoms. The first-order valence-corrected chi connectivity index (χ1v) is 4.74. The topological polar surface area (TPSA) is 69.6 Å². The van der Waals surface area contributed by atoms with Gasteiger partial charge < -0.3 is 5.73 Å². The lowest BCUT2D eigenvalue weighted by atomic mass is 9.79. The second-order valence-electron chi connectivity index (χ2n) is 3.75. The van der Waals surface area contributed by atoms with Crippen molar-refractivity contribution >= 4 is 0 Å². The van der Waals surface area contributed by atoms with E-state index in [-0.39, 0.29) is 6.04 Å². The number of hydrogen-bond donors (Lipinski definition) is 1. The van der Waals surface area contributed by atoms with Crippen LogP contribution in [0.2, 0.25) is 0 Å². The van der Waals surface area contributed by atoms with E-state index in [1.54, 1.807) is 7.05 Å². The van der Waals surface area contributed by atoms with E-state index in [4.69, 9.17) is 5.73 Å². The van der Waals surface area contributed by atoms with E-state index in [0.717, 1.165) is 12.2 Å². The van der Waals surface area contributed by atoms with Gasteiger partial charge >= 0.3 is 0 Å². The van der Waals surface area contributed by atoms with Crippen LogP contribution in [0.1, 0.15) is 25.1 Å². The minimum absolute atomic E-state index is 0.220. The molecule has 1 aromatic heterocycles. The van der Waals surface area contributed by atoms with Gasteiger partial charge in [-0.1, -0.05) is 6.42 Å². The van der Waals surface area contributed by atoms with Gasteiger partial charge in [-0.05, 0) is 24.0 Å². The fourth-order valence-corrected chi connectivity index (χ4v) is 1.65. The van der Waals surface area contributed by atoms with Crippen molar-refractivity contribution in [3.63, 3.8) is 0 Å². The van der Waals surface area contributed by atoms with Gasteiger partial charge in [0.05, 0.1) is 7.05 Å².